The molecule has 2 N–H and O–H groups in total. The zero-order valence-electron chi connectivity index (χ0n) is 22.6. The Morgan fingerprint density at radius 1 is 1.16 bits per heavy atom. The van der Waals surface area contributed by atoms with Crippen LogP contribution in [0.5, 0.6) is 0 Å². The van der Waals surface area contributed by atoms with Crippen molar-refractivity contribution in [2.75, 3.05) is 13.1 Å². The molecule has 2 bridgehead atoms. The molecule has 6 heterocycles. The van der Waals surface area contributed by atoms with Gasteiger partial charge in [-0.3, -0.25) is 4.79 Å². The Kier molecular flexibility index (Phi) is 5.50. The van der Waals surface area contributed by atoms with Crippen molar-refractivity contribution in [3.63, 3.8) is 0 Å². The molecular formula is C29H35FN6OS. The first kappa shape index (κ1) is 24.3. The van der Waals surface area contributed by atoms with Crippen molar-refractivity contribution >= 4 is 33.1 Å². The van der Waals surface area contributed by atoms with Gasteiger partial charge in [-0.2, -0.15) is 5.10 Å². The number of hydrogen-bond donors (Lipinski definition) is 2. The number of carbonyl (C=O) groups is 1. The molecule has 9 heteroatoms. The number of nitrogens with zero attached hydrogens (tertiary/aromatic N) is 4. The fourth-order valence-electron chi connectivity index (χ4n) is 7.47. The fraction of sp³-hybridized carbons (Fsp3) is 0.552. The third kappa shape index (κ3) is 3.43. The number of aryl methyl sites for hydroxylation is 2. The van der Waals surface area contributed by atoms with E-state index < -0.39 is 6.17 Å². The molecule has 0 spiro atoms. The van der Waals surface area contributed by atoms with Crippen LogP contribution in [0.2, 0.25) is 0 Å². The van der Waals surface area contributed by atoms with E-state index in [1.165, 1.54) is 43.0 Å². The molecule has 1 amide bonds. The average Bonchev–Trinajstić information content (AvgIpc) is 3.71. The molecular weight excluding hydrogens is 499 g/mol. The van der Waals surface area contributed by atoms with E-state index in [1.54, 1.807) is 6.33 Å². The molecule has 0 aromatic carbocycles. The molecule has 5 atom stereocenters. The first-order valence-electron chi connectivity index (χ1n) is 13.9. The van der Waals surface area contributed by atoms with Crippen molar-refractivity contribution in [1.82, 2.24) is 29.8 Å². The number of alkyl halides is 1. The zero-order chi connectivity index (χ0) is 26.5. The Labute approximate surface area is 225 Å². The normalized spacial score (nSPS) is 27.1. The molecule has 1 aliphatic carbocycles. The van der Waals surface area contributed by atoms with Gasteiger partial charge in [0, 0.05) is 53.5 Å². The number of piperidine rings is 1. The molecule has 200 valence electrons. The summed E-state index contributed by atoms with van der Waals surface area (Å²) >= 11 is 1.90. The molecule has 7 nitrogen and oxygen atoms in total. The van der Waals surface area contributed by atoms with Gasteiger partial charge in [-0.25, -0.2) is 13.9 Å². The van der Waals surface area contributed by atoms with Crippen LogP contribution in [0.4, 0.5) is 4.39 Å². The zero-order valence-corrected chi connectivity index (χ0v) is 23.5. The summed E-state index contributed by atoms with van der Waals surface area (Å²) in [6.07, 6.45) is 5.20. The van der Waals surface area contributed by atoms with Crippen molar-refractivity contribution < 1.29 is 9.18 Å². The molecule has 2 unspecified atom stereocenters. The first-order chi connectivity index (χ1) is 18.2. The second-order valence-electron chi connectivity index (χ2n) is 12.0. The smallest absolute Gasteiger partial charge is 0.240 e. The minimum atomic E-state index is -0.904. The van der Waals surface area contributed by atoms with Crippen LogP contribution in [0.25, 0.3) is 27.1 Å². The van der Waals surface area contributed by atoms with Gasteiger partial charge in [-0.15, -0.1) is 11.3 Å². The van der Waals surface area contributed by atoms with Crippen molar-refractivity contribution in [1.29, 1.82) is 0 Å². The maximum absolute atomic E-state index is 13.7. The second-order valence-corrected chi connectivity index (χ2v) is 13.0. The predicted octanol–water partition coefficient (Wildman–Crippen LogP) is 5.39. The monoisotopic (exact) mass is 534 g/mol. The van der Waals surface area contributed by atoms with Crippen LogP contribution in [0.3, 0.4) is 0 Å². The van der Waals surface area contributed by atoms with Crippen molar-refractivity contribution in [2.24, 2.45) is 5.92 Å². The topological polar surface area (TPSA) is 78.3 Å². The summed E-state index contributed by atoms with van der Waals surface area (Å²) in [4.78, 5) is 26.1. The summed E-state index contributed by atoms with van der Waals surface area (Å²) in [6, 6.07) is -0.0711. The lowest BCUT2D eigenvalue weighted by atomic mass is 9.88. The van der Waals surface area contributed by atoms with E-state index in [9.17, 15) is 9.18 Å². The number of fused-ring (bicyclic) bond motifs is 4. The molecule has 4 aromatic heterocycles. The third-order valence-corrected chi connectivity index (χ3v) is 10.8. The Bertz CT molecular complexity index is 1580. The van der Waals surface area contributed by atoms with Gasteiger partial charge in [0.15, 0.2) is 5.65 Å². The number of aromatic amines is 1. The Morgan fingerprint density at radius 2 is 1.97 bits per heavy atom. The van der Waals surface area contributed by atoms with Crippen LogP contribution >= 0.6 is 11.3 Å². The van der Waals surface area contributed by atoms with E-state index in [4.69, 9.17) is 0 Å². The lowest BCUT2D eigenvalue weighted by molar-refractivity contribution is -0.134. The highest BCUT2D eigenvalue weighted by Crippen LogP contribution is 2.53. The summed E-state index contributed by atoms with van der Waals surface area (Å²) in [5.41, 5.74) is 8.41. The second kappa shape index (κ2) is 8.61. The van der Waals surface area contributed by atoms with E-state index >= 15 is 0 Å². The number of hydrogen-bond acceptors (Lipinski definition) is 5. The van der Waals surface area contributed by atoms with Gasteiger partial charge in [0.05, 0.1) is 11.7 Å². The Balaban J connectivity index is 1.23. The fourth-order valence-corrected chi connectivity index (χ4v) is 8.91. The minimum Gasteiger partial charge on any atom is -0.346 e. The van der Waals surface area contributed by atoms with Gasteiger partial charge in [0.2, 0.25) is 5.91 Å². The summed E-state index contributed by atoms with van der Waals surface area (Å²) < 4.78 is 15.6. The lowest BCUT2D eigenvalue weighted by Gasteiger charge is -2.33. The highest BCUT2D eigenvalue weighted by atomic mass is 32.1. The average molecular weight is 535 g/mol. The van der Waals surface area contributed by atoms with E-state index in [0.717, 1.165) is 30.6 Å². The number of thiophene rings is 1. The molecule has 2 saturated heterocycles. The van der Waals surface area contributed by atoms with E-state index in [2.05, 4.69) is 66.1 Å². The maximum atomic E-state index is 13.7. The van der Waals surface area contributed by atoms with Crippen molar-refractivity contribution in [3.05, 3.63) is 39.7 Å². The quantitative estimate of drug-likeness (QED) is 0.368. The van der Waals surface area contributed by atoms with Gasteiger partial charge >= 0.3 is 0 Å². The minimum absolute atomic E-state index is 0.104. The van der Waals surface area contributed by atoms with Crippen LogP contribution in [0.15, 0.2) is 12.5 Å². The standard InChI is InChI=1S/C29H35FN6OS/c1-13(2)23-24-16(5)26(20-8-19-6-17(20)10-35(19)29(37)22-7-18(30)9-31-22)38-28(24)34-25(23)21-11-36-27(32-12-33-36)15(4)14(21)3/h11-13,17-20,22,31,34H,6-10H2,1-5H3/t17?,18-,19?,20+,22+/m0/s1. The SMILES string of the molecule is Cc1c(-c2[nH]c3sc([C@@H]4CC5CC4CN5C(=O)[C@H]4C[C@H](F)CN4)c(C)c3c2C(C)C)cn2ncnc2c1C. The lowest BCUT2D eigenvalue weighted by Crippen LogP contribution is -2.47. The third-order valence-electron chi connectivity index (χ3n) is 9.47. The number of rotatable bonds is 4. The van der Waals surface area contributed by atoms with E-state index in [-0.39, 0.29) is 18.0 Å². The Morgan fingerprint density at radius 3 is 2.66 bits per heavy atom. The number of nitrogens with one attached hydrogen (secondary N) is 2. The van der Waals surface area contributed by atoms with Crippen LogP contribution in [0, 0.1) is 26.7 Å². The number of aromatic nitrogens is 4. The summed E-state index contributed by atoms with van der Waals surface area (Å²) in [6.45, 7) is 12.2. The van der Waals surface area contributed by atoms with Crippen LogP contribution < -0.4 is 5.32 Å². The number of carbonyl (C=O) groups excluding carboxylic acids is 1. The van der Waals surface area contributed by atoms with Crippen molar-refractivity contribution in [2.45, 2.75) is 84.0 Å². The molecule has 1 saturated carbocycles. The summed E-state index contributed by atoms with van der Waals surface area (Å²) in [5, 5.41) is 8.87. The van der Waals surface area contributed by atoms with E-state index in [1.807, 2.05) is 15.9 Å². The molecule has 3 aliphatic rings. The number of likely N-dealkylation sites (tertiary alicyclic amines) is 1. The molecule has 4 aromatic rings. The van der Waals surface area contributed by atoms with Crippen molar-refractivity contribution in [3.8, 4) is 11.3 Å². The van der Waals surface area contributed by atoms with Gasteiger partial charge in [-0.1, -0.05) is 13.8 Å². The first-order valence-corrected chi connectivity index (χ1v) is 14.7. The van der Waals surface area contributed by atoms with Gasteiger partial charge in [-0.05, 0) is 67.7 Å². The predicted molar refractivity (Wildman–Crippen MR) is 149 cm³/mol. The number of pyridine rings is 1. The summed E-state index contributed by atoms with van der Waals surface area (Å²) in [5.74, 6) is 1.43. The molecule has 0 radical (unpaired) electrons. The highest BCUT2D eigenvalue weighted by Gasteiger charge is 2.49. The molecule has 2 aliphatic heterocycles. The number of halogens is 1. The van der Waals surface area contributed by atoms with Crippen LogP contribution in [0.1, 0.15) is 72.1 Å². The number of amides is 1. The Hall–Kier alpha value is -2.78. The molecule has 38 heavy (non-hydrogen) atoms. The van der Waals surface area contributed by atoms with Crippen LogP contribution in [-0.4, -0.2) is 61.7 Å². The van der Waals surface area contributed by atoms with Gasteiger partial charge in [0.25, 0.3) is 0 Å². The van der Waals surface area contributed by atoms with E-state index in [0.29, 0.717) is 30.7 Å². The van der Waals surface area contributed by atoms with Gasteiger partial charge in [0.1, 0.15) is 17.3 Å². The highest BCUT2D eigenvalue weighted by molar-refractivity contribution is 7.19. The molecule has 3 fully saturated rings. The maximum Gasteiger partial charge on any atom is 0.240 e. The van der Waals surface area contributed by atoms with Crippen LogP contribution in [-0.2, 0) is 4.79 Å². The van der Waals surface area contributed by atoms with Gasteiger partial charge < -0.3 is 15.2 Å². The largest absolute Gasteiger partial charge is 0.346 e. The number of H-pyrrole nitrogens is 1. The molecule has 7 rings (SSSR count). The summed E-state index contributed by atoms with van der Waals surface area (Å²) in [7, 11) is 0.